The largest absolute Gasteiger partial charge is 0.465 e. The summed E-state index contributed by atoms with van der Waals surface area (Å²) in [5.74, 6) is -0.305. The second kappa shape index (κ2) is 34.6. The van der Waals surface area contributed by atoms with E-state index in [0.717, 1.165) is 51.5 Å². The molecule has 1 aliphatic rings. The second-order valence-electron chi connectivity index (χ2n) is 14.7. The predicted molar refractivity (Wildman–Crippen MR) is 212 cm³/mol. The molecule has 2 unspecified atom stereocenters. The molecule has 1 rings (SSSR count). The van der Waals surface area contributed by atoms with Crippen LogP contribution in [0.15, 0.2) is 36.6 Å². The molecule has 0 bridgehead atoms. The minimum atomic E-state index is -0.415. The maximum atomic E-state index is 12.4. The van der Waals surface area contributed by atoms with E-state index in [1.807, 2.05) is 0 Å². The molecular weight excluding hydrogens is 604 g/mol. The van der Waals surface area contributed by atoms with Gasteiger partial charge in [-0.25, -0.2) is 0 Å². The fourth-order valence-corrected chi connectivity index (χ4v) is 6.82. The van der Waals surface area contributed by atoms with Gasteiger partial charge in [0.25, 0.3) is 0 Å². The van der Waals surface area contributed by atoms with E-state index >= 15 is 0 Å². The maximum Gasteiger partial charge on any atom is 0.311 e. The molecule has 5 nitrogen and oxygen atoms in total. The van der Waals surface area contributed by atoms with Gasteiger partial charge < -0.3 is 20.2 Å². The van der Waals surface area contributed by atoms with Gasteiger partial charge in [-0.15, -0.1) is 0 Å². The van der Waals surface area contributed by atoms with E-state index in [0.29, 0.717) is 25.2 Å². The van der Waals surface area contributed by atoms with Crippen molar-refractivity contribution >= 4 is 11.7 Å². The number of ether oxygens (including phenoxy) is 1. The number of allylic oxidation sites excluding steroid dienone is 4. The van der Waals surface area contributed by atoms with Crippen molar-refractivity contribution in [2.24, 2.45) is 0 Å². The standard InChI is InChI=1S/C44H80N2O3/c1-3-5-7-9-11-13-15-17-18-19-21-23-25-27-29-31-35-43(47)42(46-37-32-33-38-46)36-39-49-44(48)40-41(45)34-30-28-26-24-22-20-16-14-12-10-8-6-4-2/h17-18,20,22,32,37,42-43,45,47H,3-16,19,21,23-31,33-36,38-40H2,1-2H3/b18-17-,22-20-,45-41?. The zero-order chi connectivity index (χ0) is 35.5. The molecular formula is C44H80N2O3. The third-order valence-corrected chi connectivity index (χ3v) is 10.0. The van der Waals surface area contributed by atoms with E-state index in [4.69, 9.17) is 10.1 Å². The fourth-order valence-electron chi connectivity index (χ4n) is 6.82. The van der Waals surface area contributed by atoms with Crippen LogP contribution >= 0.6 is 0 Å². The Morgan fingerprint density at radius 1 is 0.694 bits per heavy atom. The van der Waals surface area contributed by atoms with Crippen LogP contribution in [0.5, 0.6) is 0 Å². The topological polar surface area (TPSA) is 73.6 Å². The summed E-state index contributed by atoms with van der Waals surface area (Å²) in [5.41, 5.74) is 0.475. The van der Waals surface area contributed by atoms with Crippen LogP contribution in [0.1, 0.15) is 206 Å². The Balaban J connectivity index is 2.09. The highest BCUT2D eigenvalue weighted by Gasteiger charge is 2.25. The summed E-state index contributed by atoms with van der Waals surface area (Å²) in [4.78, 5) is 14.7. The lowest BCUT2D eigenvalue weighted by atomic mass is 9.99. The zero-order valence-corrected chi connectivity index (χ0v) is 32.5. The van der Waals surface area contributed by atoms with Crippen molar-refractivity contribution in [3.8, 4) is 0 Å². The fraction of sp³-hybridized carbons (Fsp3) is 0.818. The van der Waals surface area contributed by atoms with Gasteiger partial charge in [0.2, 0.25) is 0 Å². The van der Waals surface area contributed by atoms with Crippen LogP contribution in [0, 0.1) is 5.41 Å². The van der Waals surface area contributed by atoms with Crippen LogP contribution < -0.4 is 0 Å². The lowest BCUT2D eigenvalue weighted by molar-refractivity contribution is -0.142. The molecule has 0 fully saturated rings. The molecule has 1 aliphatic heterocycles. The molecule has 1 heterocycles. The SMILES string of the molecule is CCCCCCCC/C=C\CCCCCCCCC(O)C(CCOC(=O)CC(=N)CCCCC/C=C\CCCCCCCC)N1C=CCC1. The molecule has 2 N–H and O–H groups in total. The third-order valence-electron chi connectivity index (χ3n) is 10.0. The van der Waals surface area contributed by atoms with Crippen molar-refractivity contribution in [3.05, 3.63) is 36.6 Å². The normalized spacial score (nSPS) is 14.4. The van der Waals surface area contributed by atoms with Crippen molar-refractivity contribution in [2.45, 2.75) is 219 Å². The molecule has 0 aromatic carbocycles. The van der Waals surface area contributed by atoms with Gasteiger partial charge >= 0.3 is 5.97 Å². The molecule has 0 aromatic heterocycles. The number of nitrogens with zero attached hydrogens (tertiary/aromatic N) is 1. The maximum absolute atomic E-state index is 12.4. The van der Waals surface area contributed by atoms with E-state index in [1.165, 1.54) is 128 Å². The van der Waals surface area contributed by atoms with Crippen molar-refractivity contribution in [3.63, 3.8) is 0 Å². The van der Waals surface area contributed by atoms with Gasteiger partial charge in [-0.1, -0.05) is 147 Å². The van der Waals surface area contributed by atoms with Crippen LogP contribution in [-0.4, -0.2) is 47.0 Å². The number of hydrogen-bond donors (Lipinski definition) is 2. The molecule has 0 aromatic rings. The van der Waals surface area contributed by atoms with E-state index < -0.39 is 6.10 Å². The summed E-state index contributed by atoms with van der Waals surface area (Å²) in [6.45, 7) is 5.76. The van der Waals surface area contributed by atoms with Gasteiger partial charge in [0, 0.05) is 18.7 Å². The minimum Gasteiger partial charge on any atom is -0.465 e. The van der Waals surface area contributed by atoms with E-state index in [2.05, 4.69) is 55.3 Å². The molecule has 49 heavy (non-hydrogen) atoms. The molecule has 0 spiro atoms. The van der Waals surface area contributed by atoms with Gasteiger partial charge in [-0.3, -0.25) is 4.79 Å². The number of carbonyl (C=O) groups is 1. The first-order valence-electron chi connectivity index (χ1n) is 21.2. The number of nitrogens with one attached hydrogen (secondary N) is 1. The van der Waals surface area contributed by atoms with Gasteiger partial charge in [0.1, 0.15) is 0 Å². The van der Waals surface area contributed by atoms with Crippen molar-refractivity contribution in [1.29, 1.82) is 5.41 Å². The minimum absolute atomic E-state index is 0.0195. The van der Waals surface area contributed by atoms with Gasteiger partial charge in [-0.05, 0) is 83.2 Å². The van der Waals surface area contributed by atoms with E-state index in [1.54, 1.807) is 0 Å². The highest BCUT2D eigenvalue weighted by molar-refractivity contribution is 5.97. The van der Waals surface area contributed by atoms with Gasteiger partial charge in [0.05, 0.1) is 25.2 Å². The summed E-state index contributed by atoms with van der Waals surface area (Å²) in [5, 5.41) is 19.3. The van der Waals surface area contributed by atoms with Crippen LogP contribution in [0.3, 0.4) is 0 Å². The molecule has 0 saturated carbocycles. The first-order chi connectivity index (χ1) is 24.1. The lowest BCUT2D eigenvalue weighted by Gasteiger charge is -2.32. The highest BCUT2D eigenvalue weighted by Crippen LogP contribution is 2.20. The van der Waals surface area contributed by atoms with Crippen molar-refractivity contribution in [1.82, 2.24) is 4.90 Å². The number of aliphatic hydroxyl groups excluding tert-OH is 1. The first-order valence-corrected chi connectivity index (χ1v) is 21.2. The highest BCUT2D eigenvalue weighted by atomic mass is 16.5. The van der Waals surface area contributed by atoms with Crippen molar-refractivity contribution < 1.29 is 14.6 Å². The quantitative estimate of drug-likeness (QED) is 0.0298. The zero-order valence-electron chi connectivity index (χ0n) is 32.5. The molecule has 0 aliphatic carbocycles. The van der Waals surface area contributed by atoms with E-state index in [-0.39, 0.29) is 18.4 Å². The number of unbranched alkanes of at least 4 members (excludes halogenated alkanes) is 21. The third kappa shape index (κ3) is 28.5. The van der Waals surface area contributed by atoms with Crippen molar-refractivity contribution in [2.75, 3.05) is 13.2 Å². The van der Waals surface area contributed by atoms with Crippen LogP contribution in [0.4, 0.5) is 0 Å². The first kappa shape index (κ1) is 45.1. The molecule has 5 heteroatoms. The Morgan fingerprint density at radius 2 is 1.16 bits per heavy atom. The molecule has 0 radical (unpaired) electrons. The molecule has 284 valence electrons. The van der Waals surface area contributed by atoms with Crippen LogP contribution in [0.25, 0.3) is 0 Å². The number of esters is 1. The summed E-state index contributed by atoms with van der Waals surface area (Å²) in [6.07, 6.45) is 48.1. The predicted octanol–water partition coefficient (Wildman–Crippen LogP) is 13.0. The number of hydrogen-bond acceptors (Lipinski definition) is 5. The number of carbonyl (C=O) groups excluding carboxylic acids is 1. The monoisotopic (exact) mass is 685 g/mol. The Bertz CT molecular complexity index is 851. The Hall–Kier alpha value is -1.88. The average molecular weight is 685 g/mol. The van der Waals surface area contributed by atoms with E-state index in [9.17, 15) is 9.90 Å². The summed E-state index contributed by atoms with van der Waals surface area (Å²) < 4.78 is 5.55. The van der Waals surface area contributed by atoms with Gasteiger partial charge in [-0.2, -0.15) is 0 Å². The molecule has 2 atom stereocenters. The molecule has 0 saturated heterocycles. The Kier molecular flexibility index (Phi) is 31.8. The Morgan fingerprint density at radius 3 is 1.65 bits per heavy atom. The lowest BCUT2D eigenvalue weighted by Crippen LogP contribution is -2.40. The number of aliphatic hydroxyl groups is 1. The van der Waals surface area contributed by atoms with Gasteiger partial charge in [0.15, 0.2) is 0 Å². The summed E-state index contributed by atoms with van der Waals surface area (Å²) in [6, 6.07) is -0.0195. The average Bonchev–Trinajstić information content (AvgIpc) is 3.63. The summed E-state index contributed by atoms with van der Waals surface area (Å²) in [7, 11) is 0. The second-order valence-corrected chi connectivity index (χ2v) is 14.7. The summed E-state index contributed by atoms with van der Waals surface area (Å²) >= 11 is 0. The Labute approximate surface area is 304 Å². The number of rotatable bonds is 36. The molecule has 0 amide bonds. The van der Waals surface area contributed by atoms with Crippen LogP contribution in [-0.2, 0) is 9.53 Å². The smallest absolute Gasteiger partial charge is 0.311 e. The van der Waals surface area contributed by atoms with Crippen LogP contribution in [0.2, 0.25) is 0 Å².